The summed E-state index contributed by atoms with van der Waals surface area (Å²) in [4.78, 5) is 19.1. The maximum absolute atomic E-state index is 12.8. The average molecular weight is 384 g/mol. The van der Waals surface area contributed by atoms with E-state index >= 15 is 0 Å². The molecule has 2 aliphatic heterocycles. The largest absolute Gasteiger partial charge is 0.484 e. The second kappa shape index (κ2) is 7.37. The van der Waals surface area contributed by atoms with Crippen LogP contribution in [0.2, 0.25) is 0 Å². The molecular weight excluding hydrogens is 360 g/mol. The van der Waals surface area contributed by atoms with Crippen molar-refractivity contribution in [1.29, 1.82) is 0 Å². The van der Waals surface area contributed by atoms with Crippen molar-refractivity contribution in [2.45, 2.75) is 38.7 Å². The van der Waals surface area contributed by atoms with Gasteiger partial charge in [-0.05, 0) is 36.8 Å². The number of amides is 1. The minimum absolute atomic E-state index is 0.0397. The van der Waals surface area contributed by atoms with Gasteiger partial charge in [0.1, 0.15) is 12.0 Å². The van der Waals surface area contributed by atoms with Gasteiger partial charge in [0.05, 0.1) is 0 Å². The van der Waals surface area contributed by atoms with Crippen LogP contribution in [0, 0.1) is 11.8 Å². The van der Waals surface area contributed by atoms with E-state index in [1.54, 1.807) is 18.2 Å². The second-order valence-electron chi connectivity index (χ2n) is 7.77. The standard InChI is InChI=1S/C21H24N2O5/c24-21(23-8-7-14-3-1-2-4-15(14)10-23)17-11-26-20(22-17)12-25-16-5-6-18-19(9-16)28-13-27-18/h5-6,9,11,14-15H,1-4,7-8,10,12-13H2/t14-,15-/m0/s1. The van der Waals surface area contributed by atoms with Gasteiger partial charge in [0.2, 0.25) is 12.7 Å². The number of likely N-dealkylation sites (tertiary alicyclic amines) is 1. The molecule has 1 amide bonds. The normalized spacial score (nSPS) is 23.4. The highest BCUT2D eigenvalue weighted by molar-refractivity contribution is 5.92. The third-order valence-electron chi connectivity index (χ3n) is 6.06. The summed E-state index contributed by atoms with van der Waals surface area (Å²) in [7, 11) is 0. The van der Waals surface area contributed by atoms with Crippen LogP contribution in [-0.2, 0) is 6.61 Å². The van der Waals surface area contributed by atoms with Gasteiger partial charge >= 0.3 is 0 Å². The van der Waals surface area contributed by atoms with Crippen molar-refractivity contribution in [3.63, 3.8) is 0 Å². The molecule has 7 nitrogen and oxygen atoms in total. The van der Waals surface area contributed by atoms with Gasteiger partial charge in [0.25, 0.3) is 5.91 Å². The van der Waals surface area contributed by atoms with Crippen molar-refractivity contribution in [1.82, 2.24) is 9.88 Å². The Labute approximate surface area is 163 Å². The molecule has 1 aromatic carbocycles. The number of carbonyl (C=O) groups excluding carboxylic acids is 1. The summed E-state index contributed by atoms with van der Waals surface area (Å²) < 4.78 is 21.8. The van der Waals surface area contributed by atoms with Crippen LogP contribution in [0.25, 0.3) is 0 Å². The fourth-order valence-electron chi connectivity index (χ4n) is 4.53. The van der Waals surface area contributed by atoms with E-state index in [1.165, 1.54) is 31.9 Å². The molecule has 0 radical (unpaired) electrons. The van der Waals surface area contributed by atoms with Gasteiger partial charge in [0, 0.05) is 19.2 Å². The Kier molecular flexibility index (Phi) is 4.58. The van der Waals surface area contributed by atoms with E-state index in [-0.39, 0.29) is 19.3 Å². The van der Waals surface area contributed by atoms with E-state index in [9.17, 15) is 4.79 Å². The van der Waals surface area contributed by atoms with Crippen LogP contribution in [0.15, 0.2) is 28.9 Å². The molecule has 1 saturated carbocycles. The van der Waals surface area contributed by atoms with Crippen molar-refractivity contribution in [3.05, 3.63) is 36.0 Å². The summed E-state index contributed by atoms with van der Waals surface area (Å²) in [6, 6.07) is 5.37. The summed E-state index contributed by atoms with van der Waals surface area (Å²) >= 11 is 0. The summed E-state index contributed by atoms with van der Waals surface area (Å²) in [5.41, 5.74) is 0.360. The lowest BCUT2D eigenvalue weighted by molar-refractivity contribution is 0.0515. The Morgan fingerprint density at radius 3 is 2.93 bits per heavy atom. The van der Waals surface area contributed by atoms with Crippen LogP contribution in [-0.4, -0.2) is 35.7 Å². The number of hydrogen-bond donors (Lipinski definition) is 0. The van der Waals surface area contributed by atoms with Gasteiger partial charge in [-0.2, -0.15) is 0 Å². The molecule has 0 unspecified atom stereocenters. The molecule has 1 aromatic heterocycles. The predicted octanol–water partition coefficient (Wildman–Crippen LogP) is 3.63. The highest BCUT2D eigenvalue weighted by atomic mass is 16.7. The molecule has 2 atom stereocenters. The fraction of sp³-hybridized carbons (Fsp3) is 0.524. The fourth-order valence-corrected chi connectivity index (χ4v) is 4.53. The number of aromatic nitrogens is 1. The average Bonchev–Trinajstić information content (AvgIpc) is 3.40. The van der Waals surface area contributed by atoms with Crippen molar-refractivity contribution in [2.75, 3.05) is 19.9 Å². The van der Waals surface area contributed by atoms with Gasteiger partial charge in [0.15, 0.2) is 23.8 Å². The molecule has 0 N–H and O–H groups in total. The van der Waals surface area contributed by atoms with Crippen LogP contribution in [0.1, 0.15) is 48.5 Å². The lowest BCUT2D eigenvalue weighted by atomic mass is 9.75. The van der Waals surface area contributed by atoms with Crippen molar-refractivity contribution < 1.29 is 23.4 Å². The molecule has 0 bridgehead atoms. The van der Waals surface area contributed by atoms with Crippen LogP contribution in [0.3, 0.4) is 0 Å². The van der Waals surface area contributed by atoms with E-state index in [0.29, 0.717) is 34.8 Å². The van der Waals surface area contributed by atoms with E-state index in [1.807, 2.05) is 4.90 Å². The zero-order valence-corrected chi connectivity index (χ0v) is 15.8. The molecule has 3 heterocycles. The third-order valence-corrected chi connectivity index (χ3v) is 6.06. The number of oxazole rings is 1. The number of nitrogens with zero attached hydrogens (tertiary/aromatic N) is 2. The monoisotopic (exact) mass is 384 g/mol. The lowest BCUT2D eigenvalue weighted by Gasteiger charge is -2.41. The van der Waals surface area contributed by atoms with Crippen molar-refractivity contribution >= 4 is 5.91 Å². The third kappa shape index (κ3) is 3.41. The number of benzene rings is 1. The van der Waals surface area contributed by atoms with Crippen molar-refractivity contribution in [3.8, 4) is 17.2 Å². The first-order valence-electron chi connectivity index (χ1n) is 10.0. The van der Waals surface area contributed by atoms with E-state index in [4.69, 9.17) is 18.6 Å². The van der Waals surface area contributed by atoms with Crippen LogP contribution in [0.4, 0.5) is 0 Å². The van der Waals surface area contributed by atoms with Gasteiger partial charge in [-0.3, -0.25) is 4.79 Å². The first-order chi connectivity index (χ1) is 13.8. The number of hydrogen-bond acceptors (Lipinski definition) is 6. The molecule has 1 saturated heterocycles. The lowest BCUT2D eigenvalue weighted by Crippen LogP contribution is -2.44. The summed E-state index contributed by atoms with van der Waals surface area (Å²) in [6.07, 6.45) is 7.72. The highest BCUT2D eigenvalue weighted by Crippen LogP contribution is 2.37. The Morgan fingerprint density at radius 2 is 2.00 bits per heavy atom. The van der Waals surface area contributed by atoms with Gasteiger partial charge < -0.3 is 23.5 Å². The minimum atomic E-state index is -0.0397. The molecule has 7 heteroatoms. The molecule has 28 heavy (non-hydrogen) atoms. The first kappa shape index (κ1) is 17.4. The SMILES string of the molecule is O=C(c1coc(COc2ccc3c(c2)OCO3)n1)N1CC[C@@H]2CCCC[C@H]2C1. The van der Waals surface area contributed by atoms with E-state index in [2.05, 4.69) is 4.98 Å². The highest BCUT2D eigenvalue weighted by Gasteiger charge is 2.34. The zero-order chi connectivity index (χ0) is 18.9. The molecule has 0 spiro atoms. The van der Waals surface area contributed by atoms with Gasteiger partial charge in [-0.25, -0.2) is 4.98 Å². The summed E-state index contributed by atoms with van der Waals surface area (Å²) in [5.74, 6) is 3.78. The molecule has 3 aliphatic rings. The minimum Gasteiger partial charge on any atom is -0.484 e. The first-order valence-corrected chi connectivity index (χ1v) is 10.0. The van der Waals surface area contributed by atoms with E-state index in [0.717, 1.165) is 25.4 Å². The van der Waals surface area contributed by atoms with Crippen molar-refractivity contribution in [2.24, 2.45) is 11.8 Å². The zero-order valence-electron chi connectivity index (χ0n) is 15.8. The number of piperidine rings is 1. The Balaban J connectivity index is 1.19. The quantitative estimate of drug-likeness (QED) is 0.801. The van der Waals surface area contributed by atoms with Gasteiger partial charge in [-0.15, -0.1) is 0 Å². The summed E-state index contributed by atoms with van der Waals surface area (Å²) in [5, 5.41) is 0. The predicted molar refractivity (Wildman–Crippen MR) is 99.4 cm³/mol. The maximum atomic E-state index is 12.8. The molecule has 2 fully saturated rings. The second-order valence-corrected chi connectivity index (χ2v) is 7.77. The molecule has 2 aromatic rings. The van der Waals surface area contributed by atoms with Crippen LogP contribution >= 0.6 is 0 Å². The van der Waals surface area contributed by atoms with Crippen LogP contribution < -0.4 is 14.2 Å². The molecule has 1 aliphatic carbocycles. The Hall–Kier alpha value is -2.70. The summed E-state index contributed by atoms with van der Waals surface area (Å²) in [6.45, 7) is 2.04. The number of ether oxygens (including phenoxy) is 3. The molecule has 5 rings (SSSR count). The Bertz CT molecular complexity index is 864. The van der Waals surface area contributed by atoms with E-state index < -0.39 is 0 Å². The molecule has 148 valence electrons. The molecular formula is C21H24N2O5. The number of rotatable bonds is 4. The Morgan fingerprint density at radius 1 is 1.14 bits per heavy atom. The number of fused-ring (bicyclic) bond motifs is 2. The maximum Gasteiger partial charge on any atom is 0.275 e. The smallest absolute Gasteiger partial charge is 0.275 e. The van der Waals surface area contributed by atoms with Crippen LogP contribution in [0.5, 0.6) is 17.2 Å². The number of carbonyl (C=O) groups is 1. The topological polar surface area (TPSA) is 74.0 Å². The van der Waals surface area contributed by atoms with Gasteiger partial charge in [-0.1, -0.05) is 19.3 Å².